The van der Waals surface area contributed by atoms with Gasteiger partial charge in [-0.05, 0) is 13.2 Å². The van der Waals surface area contributed by atoms with E-state index in [9.17, 15) is 0 Å². The summed E-state index contributed by atoms with van der Waals surface area (Å²) in [7, 11) is 1.50. The second-order valence-corrected chi connectivity index (χ2v) is 0.250. The maximum atomic E-state index is 8.33. The predicted octanol–water partition coefficient (Wildman–Crippen LogP) is -8.86. The van der Waals surface area contributed by atoms with Crippen LogP contribution in [0.1, 0.15) is 0 Å². The van der Waals surface area contributed by atoms with Gasteiger partial charge in [-0.1, -0.05) is 0 Å². The van der Waals surface area contributed by atoms with Crippen molar-refractivity contribution in [2.24, 2.45) is 5.73 Å². The molecule has 0 unspecified atom stereocenters. The minimum Gasteiger partial charge on any atom is -0.652 e. The fourth-order valence-electron chi connectivity index (χ4n) is 0. The van der Waals surface area contributed by atoms with Crippen LogP contribution in [0.3, 0.4) is 0 Å². The molecule has 4 nitrogen and oxygen atoms in total. The number of carboxylic acid groups (broad SMARTS) is 2. The summed E-state index contributed by atoms with van der Waals surface area (Å²) < 4.78 is 0. The summed E-state index contributed by atoms with van der Waals surface area (Å²) in [5.74, 6) is 0. The SMILES string of the molecule is CN.O=C([O-])[O-].[Na+].[Na+]. The van der Waals surface area contributed by atoms with E-state index >= 15 is 0 Å². The largest absolute Gasteiger partial charge is 1.00 e. The zero-order valence-electron chi connectivity index (χ0n) is 5.30. The van der Waals surface area contributed by atoms with E-state index in [4.69, 9.17) is 15.0 Å². The van der Waals surface area contributed by atoms with Gasteiger partial charge in [0.1, 0.15) is 0 Å². The van der Waals surface area contributed by atoms with E-state index in [1.165, 1.54) is 7.05 Å². The van der Waals surface area contributed by atoms with Crippen molar-refractivity contribution in [2.75, 3.05) is 7.05 Å². The van der Waals surface area contributed by atoms with Crippen LogP contribution in [0.15, 0.2) is 0 Å². The van der Waals surface area contributed by atoms with E-state index in [2.05, 4.69) is 5.73 Å². The molecule has 0 amide bonds. The molecule has 0 saturated heterocycles. The molecule has 0 saturated carbocycles. The van der Waals surface area contributed by atoms with Crippen molar-refractivity contribution in [3.05, 3.63) is 0 Å². The Labute approximate surface area is 92.0 Å². The summed E-state index contributed by atoms with van der Waals surface area (Å²) in [6.07, 6.45) is -2.33. The first-order valence-corrected chi connectivity index (χ1v) is 1.19. The molecule has 0 aromatic carbocycles. The molecule has 0 aliphatic rings. The van der Waals surface area contributed by atoms with Crippen molar-refractivity contribution in [2.45, 2.75) is 0 Å². The Morgan fingerprint density at radius 2 is 1.25 bits per heavy atom. The zero-order chi connectivity index (χ0) is 5.58. The molecule has 8 heavy (non-hydrogen) atoms. The van der Waals surface area contributed by atoms with Crippen LogP contribution < -0.4 is 75.1 Å². The Hall–Kier alpha value is 1.23. The summed E-state index contributed by atoms with van der Waals surface area (Å²) in [6.45, 7) is 0. The molecule has 0 radical (unpaired) electrons. The molecule has 0 aromatic heterocycles. The summed E-state index contributed by atoms with van der Waals surface area (Å²) in [4.78, 5) is 8.33. The second-order valence-electron chi connectivity index (χ2n) is 0.250. The normalized spacial score (nSPS) is 3.75. The first kappa shape index (κ1) is 22.9. The van der Waals surface area contributed by atoms with E-state index < -0.39 is 6.16 Å². The molecule has 0 heterocycles. The average Bonchev–Trinajstić information content (AvgIpc) is 1.41. The van der Waals surface area contributed by atoms with Crippen LogP contribution >= 0.6 is 0 Å². The minimum absolute atomic E-state index is 0. The number of hydrogen-bond donors (Lipinski definition) is 1. The Balaban J connectivity index is -0.0000000183. The Morgan fingerprint density at radius 1 is 1.25 bits per heavy atom. The van der Waals surface area contributed by atoms with Crippen molar-refractivity contribution in [1.29, 1.82) is 0 Å². The molecule has 0 atom stereocenters. The molecule has 0 fully saturated rings. The maximum absolute atomic E-state index is 8.33. The van der Waals surface area contributed by atoms with Crippen LogP contribution in [0.4, 0.5) is 4.79 Å². The van der Waals surface area contributed by atoms with Gasteiger partial charge in [-0.3, -0.25) is 0 Å². The van der Waals surface area contributed by atoms with Gasteiger partial charge in [-0.25, -0.2) is 0 Å². The smallest absolute Gasteiger partial charge is 0.652 e. The fraction of sp³-hybridized carbons (Fsp3) is 0.500. The van der Waals surface area contributed by atoms with Crippen LogP contribution in [0.2, 0.25) is 0 Å². The third-order valence-corrected chi connectivity index (χ3v) is 0. The summed E-state index contributed by atoms with van der Waals surface area (Å²) in [5, 5.41) is 16.7. The molecular weight excluding hydrogens is 132 g/mol. The van der Waals surface area contributed by atoms with Gasteiger partial charge in [-0.15, -0.1) is 0 Å². The predicted molar refractivity (Wildman–Crippen MR) is 15.5 cm³/mol. The minimum atomic E-state index is -2.33. The monoisotopic (exact) mass is 137 g/mol. The molecule has 38 valence electrons. The molecule has 0 aliphatic carbocycles. The summed E-state index contributed by atoms with van der Waals surface area (Å²) >= 11 is 0. The second kappa shape index (κ2) is 24.0. The van der Waals surface area contributed by atoms with Crippen molar-refractivity contribution in [1.82, 2.24) is 0 Å². The van der Waals surface area contributed by atoms with Gasteiger partial charge in [0.25, 0.3) is 0 Å². The Bertz CT molecular complexity index is 38.3. The molecule has 0 rings (SSSR count). The standard InChI is InChI=1S/CH5N.CH2O3.2Na/c1-2;2-1(3)4;;/h2H2,1H3;(H2,2,3,4);;/q;;2*+1/p-2. The van der Waals surface area contributed by atoms with Crippen LogP contribution in [0, 0.1) is 0 Å². The molecule has 0 bridgehead atoms. The van der Waals surface area contributed by atoms with E-state index in [1.807, 2.05) is 0 Å². The van der Waals surface area contributed by atoms with E-state index in [0.29, 0.717) is 0 Å². The van der Waals surface area contributed by atoms with E-state index in [1.54, 1.807) is 0 Å². The molecule has 0 aromatic rings. The van der Waals surface area contributed by atoms with Crippen molar-refractivity contribution >= 4 is 6.16 Å². The van der Waals surface area contributed by atoms with Gasteiger partial charge in [-0.2, -0.15) is 0 Å². The van der Waals surface area contributed by atoms with Crippen LogP contribution in [-0.4, -0.2) is 13.2 Å². The van der Waals surface area contributed by atoms with E-state index in [-0.39, 0.29) is 59.1 Å². The maximum Gasteiger partial charge on any atom is 1.00 e. The number of hydrogen-bond acceptors (Lipinski definition) is 4. The van der Waals surface area contributed by atoms with E-state index in [0.717, 1.165) is 0 Å². The third-order valence-electron chi connectivity index (χ3n) is 0. The van der Waals surface area contributed by atoms with Gasteiger partial charge >= 0.3 is 59.1 Å². The number of rotatable bonds is 0. The first-order valence-electron chi connectivity index (χ1n) is 1.19. The van der Waals surface area contributed by atoms with Crippen LogP contribution in [-0.2, 0) is 0 Å². The van der Waals surface area contributed by atoms with Gasteiger partial charge in [0.15, 0.2) is 0 Å². The average molecular weight is 137 g/mol. The summed E-state index contributed by atoms with van der Waals surface area (Å²) in [5.41, 5.74) is 4.50. The number of nitrogens with two attached hydrogens (primary N) is 1. The Kier molecular flexibility index (Phi) is 68.7. The molecule has 2 N–H and O–H groups in total. The van der Waals surface area contributed by atoms with Gasteiger partial charge in [0.05, 0.1) is 0 Å². The van der Waals surface area contributed by atoms with Gasteiger partial charge in [0, 0.05) is 0 Å². The summed E-state index contributed by atoms with van der Waals surface area (Å²) in [6, 6.07) is 0. The Morgan fingerprint density at radius 3 is 1.25 bits per heavy atom. The number of carbonyl (C=O) groups excluding carboxylic acids is 1. The van der Waals surface area contributed by atoms with Crippen molar-refractivity contribution in [3.63, 3.8) is 0 Å². The quantitative estimate of drug-likeness (QED) is 0.336. The topological polar surface area (TPSA) is 89.2 Å². The van der Waals surface area contributed by atoms with Crippen LogP contribution in [0.5, 0.6) is 0 Å². The van der Waals surface area contributed by atoms with Gasteiger partial charge in [0.2, 0.25) is 0 Å². The first-order chi connectivity index (χ1) is 2.73. The molecule has 6 heteroatoms. The number of carbonyl (C=O) groups is 1. The fourth-order valence-corrected chi connectivity index (χ4v) is 0. The molecule has 0 aliphatic heterocycles. The van der Waals surface area contributed by atoms with Crippen molar-refractivity contribution < 1.29 is 74.1 Å². The van der Waals surface area contributed by atoms with Gasteiger partial charge < -0.3 is 20.7 Å². The third kappa shape index (κ3) is 185. The van der Waals surface area contributed by atoms with Crippen LogP contribution in [0.25, 0.3) is 0 Å². The molecular formula is C2H5NNa2O3. The zero-order valence-corrected chi connectivity index (χ0v) is 9.30. The molecule has 0 spiro atoms. The van der Waals surface area contributed by atoms with Crippen molar-refractivity contribution in [3.8, 4) is 0 Å².